The second-order valence-electron chi connectivity index (χ2n) is 2.75. The van der Waals surface area contributed by atoms with Gasteiger partial charge in [0.25, 0.3) is 5.56 Å². The summed E-state index contributed by atoms with van der Waals surface area (Å²) in [5, 5.41) is 0. The molecule has 0 bridgehead atoms. The normalized spacial score (nSPS) is 10.6. The molecule has 74 valence electrons. The molecule has 0 atom stereocenters. The summed E-state index contributed by atoms with van der Waals surface area (Å²) in [5.74, 6) is 0. The Kier molecular flexibility index (Phi) is 3.23. The van der Waals surface area contributed by atoms with Crippen molar-refractivity contribution in [3.8, 4) is 0 Å². The Labute approximate surface area is 81.0 Å². The predicted molar refractivity (Wildman–Crippen MR) is 56.3 cm³/mol. The molecule has 0 amide bonds. The van der Waals surface area contributed by atoms with E-state index in [1.54, 1.807) is 18.2 Å². The molecule has 14 heavy (non-hydrogen) atoms. The van der Waals surface area contributed by atoms with E-state index in [1.807, 2.05) is 6.92 Å². The highest BCUT2D eigenvalue weighted by Crippen LogP contribution is 2.00. The number of hydrogen-bond acceptors (Lipinski definition) is 2. The molecule has 2 N–H and O–H groups in total. The summed E-state index contributed by atoms with van der Waals surface area (Å²) in [6, 6.07) is 0. The third-order valence-electron chi connectivity index (χ3n) is 1.83. The van der Waals surface area contributed by atoms with Crippen LogP contribution < -0.4 is 11.2 Å². The molecule has 0 fully saturated rings. The maximum atomic E-state index is 11.3. The maximum absolute atomic E-state index is 11.3. The Morgan fingerprint density at radius 2 is 2.07 bits per heavy atom. The average Bonchev–Trinajstić information content (AvgIpc) is 2.14. The minimum absolute atomic E-state index is 0.333. The molecule has 1 rings (SSSR count). The van der Waals surface area contributed by atoms with E-state index in [-0.39, 0.29) is 5.56 Å². The van der Waals surface area contributed by atoms with E-state index < -0.39 is 5.69 Å². The number of nitrogens with one attached hydrogen (secondary N) is 2. The highest BCUT2D eigenvalue weighted by molar-refractivity contribution is 5.49. The van der Waals surface area contributed by atoms with Gasteiger partial charge in [-0.05, 0) is 12.5 Å². The van der Waals surface area contributed by atoms with E-state index in [4.69, 9.17) is 0 Å². The number of H-pyrrole nitrogens is 2. The summed E-state index contributed by atoms with van der Waals surface area (Å²) in [4.78, 5) is 27.0. The van der Waals surface area contributed by atoms with Crippen LogP contribution in [0.25, 0.3) is 6.08 Å². The number of aromatic nitrogens is 2. The number of aromatic amines is 2. The molecule has 0 saturated heterocycles. The molecule has 0 saturated carbocycles. The van der Waals surface area contributed by atoms with E-state index in [0.29, 0.717) is 17.7 Å². The molecule has 0 aliphatic heterocycles. The third kappa shape index (κ3) is 2.10. The summed E-state index contributed by atoms with van der Waals surface area (Å²) in [6.45, 7) is 5.37. The second kappa shape index (κ2) is 4.41. The molecule has 0 aliphatic rings. The van der Waals surface area contributed by atoms with Crippen LogP contribution in [0.5, 0.6) is 0 Å². The van der Waals surface area contributed by atoms with Crippen LogP contribution in [0.2, 0.25) is 0 Å². The van der Waals surface area contributed by atoms with Gasteiger partial charge in [0.2, 0.25) is 0 Å². The molecule has 4 nitrogen and oxygen atoms in total. The fraction of sp³-hybridized carbons (Fsp3) is 0.200. The van der Waals surface area contributed by atoms with Crippen molar-refractivity contribution in [1.29, 1.82) is 0 Å². The van der Waals surface area contributed by atoms with Crippen LogP contribution in [0.1, 0.15) is 18.2 Å². The zero-order valence-electron chi connectivity index (χ0n) is 7.96. The van der Waals surface area contributed by atoms with Crippen molar-refractivity contribution in [2.24, 2.45) is 0 Å². The van der Waals surface area contributed by atoms with Crippen LogP contribution in [0.4, 0.5) is 0 Å². The van der Waals surface area contributed by atoms with E-state index in [1.165, 1.54) is 0 Å². The summed E-state index contributed by atoms with van der Waals surface area (Å²) >= 11 is 0. The molecule has 0 spiro atoms. The Balaban J connectivity index is 3.39. The quantitative estimate of drug-likeness (QED) is 0.696. The Hall–Kier alpha value is -1.84. The number of rotatable bonds is 3. The van der Waals surface area contributed by atoms with Crippen LogP contribution in [-0.4, -0.2) is 9.97 Å². The lowest BCUT2D eigenvalue weighted by atomic mass is 10.1. The van der Waals surface area contributed by atoms with Gasteiger partial charge in [-0.25, -0.2) is 4.79 Å². The topological polar surface area (TPSA) is 65.7 Å². The Bertz CT molecular complexity index is 466. The lowest BCUT2D eigenvalue weighted by Crippen LogP contribution is -2.26. The maximum Gasteiger partial charge on any atom is 0.326 e. The van der Waals surface area contributed by atoms with Crippen LogP contribution in [0.3, 0.4) is 0 Å². The number of allylic oxidation sites excluding steroid dienone is 2. The molecular formula is C10H12N2O2. The van der Waals surface area contributed by atoms with Gasteiger partial charge in [0.15, 0.2) is 0 Å². The molecule has 1 aromatic rings. The zero-order valence-corrected chi connectivity index (χ0v) is 7.96. The van der Waals surface area contributed by atoms with Crippen LogP contribution in [-0.2, 0) is 6.42 Å². The minimum Gasteiger partial charge on any atom is -0.307 e. The second-order valence-corrected chi connectivity index (χ2v) is 2.75. The highest BCUT2D eigenvalue weighted by atomic mass is 16.2. The van der Waals surface area contributed by atoms with Gasteiger partial charge >= 0.3 is 5.69 Å². The third-order valence-corrected chi connectivity index (χ3v) is 1.83. The molecule has 0 radical (unpaired) electrons. The first-order valence-electron chi connectivity index (χ1n) is 4.33. The molecular weight excluding hydrogens is 180 g/mol. The lowest BCUT2D eigenvalue weighted by molar-refractivity contribution is 0.950. The first-order chi connectivity index (χ1) is 6.69. The van der Waals surface area contributed by atoms with Crippen molar-refractivity contribution >= 4 is 6.08 Å². The molecule has 0 aliphatic carbocycles. The first-order valence-corrected chi connectivity index (χ1v) is 4.33. The van der Waals surface area contributed by atoms with Gasteiger partial charge < -0.3 is 4.98 Å². The zero-order chi connectivity index (χ0) is 10.6. The van der Waals surface area contributed by atoms with Crippen LogP contribution in [0, 0.1) is 0 Å². The summed E-state index contributed by atoms with van der Waals surface area (Å²) < 4.78 is 0. The van der Waals surface area contributed by atoms with E-state index in [9.17, 15) is 9.59 Å². The van der Waals surface area contributed by atoms with Gasteiger partial charge in [0.1, 0.15) is 0 Å². The summed E-state index contributed by atoms with van der Waals surface area (Å²) in [7, 11) is 0. The Morgan fingerprint density at radius 3 is 2.64 bits per heavy atom. The van der Waals surface area contributed by atoms with Crippen LogP contribution in [0.15, 0.2) is 28.3 Å². The monoisotopic (exact) mass is 192 g/mol. The summed E-state index contributed by atoms with van der Waals surface area (Å²) in [5.41, 5.74) is 0.291. The molecule has 1 aromatic heterocycles. The molecule has 4 heteroatoms. The van der Waals surface area contributed by atoms with Crippen LogP contribution >= 0.6 is 0 Å². The van der Waals surface area contributed by atoms with Gasteiger partial charge in [-0.2, -0.15) is 0 Å². The van der Waals surface area contributed by atoms with Gasteiger partial charge in [0, 0.05) is 5.56 Å². The Morgan fingerprint density at radius 1 is 1.36 bits per heavy atom. The van der Waals surface area contributed by atoms with Crippen molar-refractivity contribution in [3.63, 3.8) is 0 Å². The minimum atomic E-state index is -0.490. The summed E-state index contributed by atoms with van der Waals surface area (Å²) in [6.07, 6.45) is 5.48. The van der Waals surface area contributed by atoms with Crippen molar-refractivity contribution in [3.05, 3.63) is 50.8 Å². The smallest absolute Gasteiger partial charge is 0.307 e. The van der Waals surface area contributed by atoms with Crippen molar-refractivity contribution in [1.82, 2.24) is 9.97 Å². The van der Waals surface area contributed by atoms with Crippen molar-refractivity contribution in [2.45, 2.75) is 13.3 Å². The van der Waals surface area contributed by atoms with E-state index in [2.05, 4.69) is 16.5 Å². The van der Waals surface area contributed by atoms with E-state index >= 15 is 0 Å². The SMILES string of the molecule is C=C/C=C\c1[nH]c(=O)[nH]c(=O)c1CC. The lowest BCUT2D eigenvalue weighted by Gasteiger charge is -1.99. The van der Waals surface area contributed by atoms with Crippen molar-refractivity contribution < 1.29 is 0 Å². The number of hydrogen-bond donors (Lipinski definition) is 2. The van der Waals surface area contributed by atoms with Crippen molar-refractivity contribution in [2.75, 3.05) is 0 Å². The van der Waals surface area contributed by atoms with Gasteiger partial charge in [0.05, 0.1) is 5.69 Å². The highest BCUT2D eigenvalue weighted by Gasteiger charge is 2.03. The fourth-order valence-electron chi connectivity index (χ4n) is 1.19. The fourth-order valence-corrected chi connectivity index (χ4v) is 1.19. The molecule has 1 heterocycles. The molecule has 0 aromatic carbocycles. The largest absolute Gasteiger partial charge is 0.326 e. The van der Waals surface area contributed by atoms with Gasteiger partial charge in [-0.15, -0.1) is 0 Å². The van der Waals surface area contributed by atoms with Gasteiger partial charge in [-0.1, -0.05) is 25.7 Å². The van der Waals surface area contributed by atoms with Gasteiger partial charge in [-0.3, -0.25) is 9.78 Å². The standard InChI is InChI=1S/C10H12N2O2/c1-3-5-6-8-7(4-2)9(13)12-10(14)11-8/h3,5-6H,1,4H2,2H3,(H2,11,12,13,14)/b6-5-. The average molecular weight is 192 g/mol. The van der Waals surface area contributed by atoms with E-state index in [0.717, 1.165) is 0 Å². The predicted octanol–water partition coefficient (Wildman–Crippen LogP) is 0.825. The first kappa shape index (κ1) is 10.2. The molecule has 0 unspecified atom stereocenters.